The van der Waals surface area contributed by atoms with Gasteiger partial charge in [-0.05, 0) is 69.1 Å². The molecule has 0 aliphatic heterocycles. The molecule has 142 valence electrons. The summed E-state index contributed by atoms with van der Waals surface area (Å²) in [6, 6.07) is 11.8. The fourth-order valence-electron chi connectivity index (χ4n) is 5.08. The molecule has 2 fully saturated rings. The summed E-state index contributed by atoms with van der Waals surface area (Å²) in [7, 11) is 0. The minimum Gasteiger partial charge on any atom is -0.318 e. The summed E-state index contributed by atoms with van der Waals surface area (Å²) < 4.78 is 2.05. The number of carbonyl (C=O) groups excluding carboxylic acids is 2. The number of nitrogens with zero attached hydrogens (tertiary/aromatic N) is 1. The monoisotopic (exact) mass is 365 g/mol. The van der Waals surface area contributed by atoms with Gasteiger partial charge in [0.05, 0.1) is 5.56 Å². The zero-order valence-corrected chi connectivity index (χ0v) is 16.0. The maximum Gasteiger partial charge on any atom is 0.271 e. The third kappa shape index (κ3) is 3.51. The van der Waals surface area contributed by atoms with Crippen molar-refractivity contribution in [2.75, 3.05) is 0 Å². The quantitative estimate of drug-likeness (QED) is 0.812. The van der Waals surface area contributed by atoms with E-state index in [0.29, 0.717) is 23.8 Å². The standard InChI is InChI=1S/C22H27N3O2/c1-14-10-20(15(2)25(14)19-6-4-3-5-7-19)22(27)24-23-21(26)13-18-12-16-8-9-17(18)11-16/h3-7,10,16-18H,8-9,11-13H2,1-2H3,(H,23,26)(H,24,27)/t16-,17+,18+/m0/s1. The molecule has 1 heterocycles. The van der Waals surface area contributed by atoms with Crippen molar-refractivity contribution in [3.63, 3.8) is 0 Å². The Labute approximate surface area is 160 Å². The second-order valence-electron chi connectivity index (χ2n) is 8.10. The molecule has 5 nitrogen and oxygen atoms in total. The number of carbonyl (C=O) groups is 2. The van der Waals surface area contributed by atoms with Gasteiger partial charge < -0.3 is 4.57 Å². The molecule has 2 saturated carbocycles. The van der Waals surface area contributed by atoms with E-state index in [1.54, 1.807) is 0 Å². The van der Waals surface area contributed by atoms with Gasteiger partial charge in [0.2, 0.25) is 5.91 Å². The number of hydrogen-bond acceptors (Lipinski definition) is 2. The lowest BCUT2D eigenvalue weighted by atomic mass is 9.86. The van der Waals surface area contributed by atoms with Crippen LogP contribution >= 0.6 is 0 Å². The Morgan fingerprint density at radius 2 is 1.85 bits per heavy atom. The minimum atomic E-state index is -0.272. The van der Waals surface area contributed by atoms with Crippen molar-refractivity contribution < 1.29 is 9.59 Å². The molecular weight excluding hydrogens is 338 g/mol. The average Bonchev–Trinajstić information content (AvgIpc) is 3.35. The first kappa shape index (κ1) is 17.8. The Bertz CT molecular complexity index is 856. The number of rotatable bonds is 4. The Balaban J connectivity index is 1.38. The molecule has 2 bridgehead atoms. The summed E-state index contributed by atoms with van der Waals surface area (Å²) in [6.07, 6.45) is 5.57. The van der Waals surface area contributed by atoms with Crippen LogP contribution in [0.25, 0.3) is 5.69 Å². The maximum atomic E-state index is 12.6. The van der Waals surface area contributed by atoms with Gasteiger partial charge in [0.1, 0.15) is 0 Å². The third-order valence-corrected chi connectivity index (χ3v) is 6.34. The Kier molecular flexibility index (Phi) is 4.77. The van der Waals surface area contributed by atoms with E-state index < -0.39 is 0 Å². The van der Waals surface area contributed by atoms with E-state index in [-0.39, 0.29) is 11.8 Å². The van der Waals surface area contributed by atoms with Crippen LogP contribution in [0.5, 0.6) is 0 Å². The lowest BCUT2D eigenvalue weighted by molar-refractivity contribution is -0.123. The van der Waals surface area contributed by atoms with Crippen LogP contribution in [0, 0.1) is 31.6 Å². The number of hydrazine groups is 1. The van der Waals surface area contributed by atoms with Crippen molar-refractivity contribution in [2.45, 2.75) is 46.0 Å². The molecule has 1 aromatic heterocycles. The van der Waals surface area contributed by atoms with Crippen molar-refractivity contribution in [2.24, 2.45) is 17.8 Å². The van der Waals surface area contributed by atoms with Gasteiger partial charge in [0, 0.05) is 23.5 Å². The van der Waals surface area contributed by atoms with Crippen molar-refractivity contribution in [3.05, 3.63) is 53.3 Å². The first-order valence-electron chi connectivity index (χ1n) is 9.86. The van der Waals surface area contributed by atoms with Gasteiger partial charge in [0.25, 0.3) is 5.91 Å². The van der Waals surface area contributed by atoms with Gasteiger partial charge in [-0.15, -0.1) is 0 Å². The topological polar surface area (TPSA) is 63.1 Å². The first-order chi connectivity index (χ1) is 13.0. The molecule has 27 heavy (non-hydrogen) atoms. The number of aromatic nitrogens is 1. The first-order valence-corrected chi connectivity index (χ1v) is 9.86. The summed E-state index contributed by atoms with van der Waals surface area (Å²) in [6.45, 7) is 3.90. The summed E-state index contributed by atoms with van der Waals surface area (Å²) in [5, 5.41) is 0. The van der Waals surface area contributed by atoms with E-state index in [0.717, 1.165) is 23.0 Å². The van der Waals surface area contributed by atoms with E-state index in [9.17, 15) is 9.59 Å². The van der Waals surface area contributed by atoms with Crippen molar-refractivity contribution in [1.29, 1.82) is 0 Å². The Morgan fingerprint density at radius 3 is 2.52 bits per heavy atom. The SMILES string of the molecule is Cc1cc(C(=O)NNC(=O)C[C@H]2C[C@H]3CC[C@@H]2C3)c(C)n1-c1ccccc1. The van der Waals surface area contributed by atoms with Crippen LogP contribution in [-0.4, -0.2) is 16.4 Å². The van der Waals surface area contributed by atoms with Crippen LogP contribution in [0.15, 0.2) is 36.4 Å². The highest BCUT2D eigenvalue weighted by atomic mass is 16.2. The van der Waals surface area contributed by atoms with Gasteiger partial charge in [-0.2, -0.15) is 0 Å². The van der Waals surface area contributed by atoms with Gasteiger partial charge in [-0.1, -0.05) is 24.6 Å². The van der Waals surface area contributed by atoms with Gasteiger partial charge >= 0.3 is 0 Å². The van der Waals surface area contributed by atoms with E-state index in [1.807, 2.05) is 54.8 Å². The number of aryl methyl sites for hydroxylation is 1. The van der Waals surface area contributed by atoms with Crippen LogP contribution in [0.3, 0.4) is 0 Å². The number of amides is 2. The number of hydrogen-bond donors (Lipinski definition) is 2. The highest BCUT2D eigenvalue weighted by molar-refractivity contribution is 5.97. The predicted octanol–water partition coefficient (Wildman–Crippen LogP) is 3.68. The van der Waals surface area contributed by atoms with Crippen LogP contribution < -0.4 is 10.9 Å². The molecule has 0 spiro atoms. The summed E-state index contributed by atoms with van der Waals surface area (Å²) in [5.41, 5.74) is 8.66. The van der Waals surface area contributed by atoms with Crippen molar-refractivity contribution in [3.8, 4) is 5.69 Å². The largest absolute Gasteiger partial charge is 0.318 e. The van der Waals surface area contributed by atoms with Crippen molar-refractivity contribution in [1.82, 2.24) is 15.4 Å². The van der Waals surface area contributed by atoms with E-state index in [4.69, 9.17) is 0 Å². The molecule has 2 aliphatic rings. The van der Waals surface area contributed by atoms with Gasteiger partial charge in [-0.25, -0.2) is 0 Å². The summed E-state index contributed by atoms with van der Waals surface area (Å²) in [4.78, 5) is 24.9. The molecule has 1 aromatic carbocycles. The van der Waals surface area contributed by atoms with E-state index in [1.165, 1.54) is 25.7 Å². The highest BCUT2D eigenvalue weighted by Gasteiger charge is 2.40. The maximum absolute atomic E-state index is 12.6. The summed E-state index contributed by atoms with van der Waals surface area (Å²) >= 11 is 0. The number of nitrogens with one attached hydrogen (secondary N) is 2. The molecular formula is C22H27N3O2. The molecule has 2 aliphatic carbocycles. The Morgan fingerprint density at radius 1 is 1.07 bits per heavy atom. The van der Waals surface area contributed by atoms with Crippen LogP contribution in [-0.2, 0) is 4.79 Å². The zero-order valence-electron chi connectivity index (χ0n) is 16.0. The third-order valence-electron chi connectivity index (χ3n) is 6.34. The molecule has 2 aromatic rings. The van der Waals surface area contributed by atoms with Crippen LogP contribution in [0.4, 0.5) is 0 Å². The van der Waals surface area contributed by atoms with E-state index in [2.05, 4.69) is 10.9 Å². The number of benzene rings is 1. The van der Waals surface area contributed by atoms with Crippen LogP contribution in [0.2, 0.25) is 0 Å². The van der Waals surface area contributed by atoms with Gasteiger partial charge in [0.15, 0.2) is 0 Å². The predicted molar refractivity (Wildman–Crippen MR) is 104 cm³/mol. The number of para-hydroxylation sites is 1. The normalized spacial score (nSPS) is 23.4. The molecule has 4 rings (SSSR count). The minimum absolute atomic E-state index is 0.0854. The summed E-state index contributed by atoms with van der Waals surface area (Å²) in [5.74, 6) is 1.67. The lowest BCUT2D eigenvalue weighted by Gasteiger charge is -2.20. The van der Waals surface area contributed by atoms with Crippen molar-refractivity contribution >= 4 is 11.8 Å². The second-order valence-corrected chi connectivity index (χ2v) is 8.10. The smallest absolute Gasteiger partial charge is 0.271 e. The number of fused-ring (bicyclic) bond motifs is 2. The van der Waals surface area contributed by atoms with E-state index >= 15 is 0 Å². The fraction of sp³-hybridized carbons (Fsp3) is 0.455. The molecule has 0 radical (unpaired) electrons. The molecule has 5 heteroatoms. The zero-order chi connectivity index (χ0) is 19.0. The van der Waals surface area contributed by atoms with Crippen LogP contribution in [0.1, 0.15) is 53.8 Å². The molecule has 2 N–H and O–H groups in total. The molecule has 2 amide bonds. The molecule has 3 atom stereocenters. The highest BCUT2D eigenvalue weighted by Crippen LogP contribution is 2.49. The van der Waals surface area contributed by atoms with Gasteiger partial charge in [-0.3, -0.25) is 20.4 Å². The lowest BCUT2D eigenvalue weighted by Crippen LogP contribution is -2.42. The second kappa shape index (κ2) is 7.22. The Hall–Kier alpha value is -2.56. The molecule has 0 saturated heterocycles. The fourth-order valence-corrected chi connectivity index (χ4v) is 5.08. The molecule has 0 unspecified atom stereocenters. The average molecular weight is 365 g/mol.